The topological polar surface area (TPSA) is 75.2 Å². The molecule has 1 heterocycles. The smallest absolute Gasteiger partial charge is 0.243 e. The van der Waals surface area contributed by atoms with Crippen molar-refractivity contribution in [1.82, 2.24) is 15.5 Å². The molecule has 0 bridgehead atoms. The molecule has 7 heteroatoms. The molecule has 0 aromatic heterocycles. The molecule has 1 saturated carbocycles. The molecule has 3 rings (SSSR count). The fourth-order valence-electron chi connectivity index (χ4n) is 3.82. The third kappa shape index (κ3) is 6.71. The highest BCUT2D eigenvalue weighted by Gasteiger charge is 2.43. The number of nitrogens with zero attached hydrogens (tertiary/aromatic N) is 2. The Balaban J connectivity index is 1.50. The molecule has 0 radical (unpaired) electrons. The molecule has 1 aliphatic carbocycles. The molecule has 2 N–H and O–H groups in total. The van der Waals surface area contributed by atoms with Crippen LogP contribution >= 0.6 is 0 Å². The van der Waals surface area contributed by atoms with Gasteiger partial charge in [0.15, 0.2) is 11.7 Å². The summed E-state index contributed by atoms with van der Waals surface area (Å²) >= 11 is 0. The number of carbonyl (C=O) groups is 1. The highest BCUT2D eigenvalue weighted by Crippen LogP contribution is 2.39. The van der Waals surface area contributed by atoms with Gasteiger partial charge in [0.25, 0.3) is 0 Å². The lowest BCUT2D eigenvalue weighted by molar-refractivity contribution is -0.191. The van der Waals surface area contributed by atoms with Crippen molar-refractivity contribution >= 4 is 11.9 Å². The van der Waals surface area contributed by atoms with Crippen molar-refractivity contribution in [3.8, 4) is 0 Å². The van der Waals surface area contributed by atoms with Crippen molar-refractivity contribution in [3.63, 3.8) is 0 Å². The lowest BCUT2D eigenvalue weighted by atomic mass is 9.86. The number of nitrogens with one attached hydrogen (secondary N) is 2. The number of rotatable bonds is 7. The second-order valence-corrected chi connectivity index (χ2v) is 8.64. The van der Waals surface area contributed by atoms with E-state index >= 15 is 0 Å². The molecule has 1 unspecified atom stereocenters. The van der Waals surface area contributed by atoms with Gasteiger partial charge in [-0.15, -0.1) is 0 Å². The summed E-state index contributed by atoms with van der Waals surface area (Å²) in [5, 5.41) is 6.67. The maximum Gasteiger partial charge on any atom is 0.243 e. The summed E-state index contributed by atoms with van der Waals surface area (Å²) in [6.45, 7) is 4.33. The van der Waals surface area contributed by atoms with Gasteiger partial charge in [-0.1, -0.05) is 37.3 Å². The zero-order valence-corrected chi connectivity index (χ0v) is 18.5. The van der Waals surface area contributed by atoms with E-state index in [-0.39, 0.29) is 18.6 Å². The summed E-state index contributed by atoms with van der Waals surface area (Å²) < 4.78 is 12.3. The van der Waals surface area contributed by atoms with Gasteiger partial charge in [-0.3, -0.25) is 4.79 Å². The first kappa shape index (κ1) is 22.6. The van der Waals surface area contributed by atoms with Crippen LogP contribution in [0.1, 0.15) is 38.2 Å². The van der Waals surface area contributed by atoms with Crippen LogP contribution in [0.3, 0.4) is 0 Å². The molecule has 1 saturated heterocycles. The van der Waals surface area contributed by atoms with Crippen molar-refractivity contribution in [2.24, 2.45) is 10.9 Å². The Kier molecular flexibility index (Phi) is 8.10. The fourth-order valence-corrected chi connectivity index (χ4v) is 3.82. The SMILES string of the molecule is CC1CCC2(CC1)OCC(CNC(=NCC(=O)N(C)C)NCCc1ccccc1)O2. The van der Waals surface area contributed by atoms with E-state index < -0.39 is 5.79 Å². The number of ether oxygens (including phenoxy) is 2. The molecule has 30 heavy (non-hydrogen) atoms. The Morgan fingerprint density at radius 1 is 1.20 bits per heavy atom. The minimum absolute atomic E-state index is 0.0101. The third-order valence-corrected chi connectivity index (χ3v) is 5.87. The molecular formula is C23H36N4O3. The van der Waals surface area contributed by atoms with E-state index in [4.69, 9.17) is 9.47 Å². The van der Waals surface area contributed by atoms with Gasteiger partial charge in [0.2, 0.25) is 5.91 Å². The normalized spacial score (nSPS) is 26.6. The van der Waals surface area contributed by atoms with E-state index in [2.05, 4.69) is 34.7 Å². The minimum atomic E-state index is -0.391. The number of amides is 1. The maximum absolute atomic E-state index is 12.0. The van der Waals surface area contributed by atoms with E-state index in [1.54, 1.807) is 19.0 Å². The lowest BCUT2D eigenvalue weighted by Crippen LogP contribution is -2.44. The standard InChI is InChI=1S/C23H36N4O3/c1-18-9-12-23(13-10-18)29-17-20(30-23)15-25-22(26-16-21(28)27(2)3)24-14-11-19-7-5-4-6-8-19/h4-8,18,20H,9-17H2,1-3H3,(H2,24,25,26). The molecule has 1 aliphatic heterocycles. The van der Waals surface area contributed by atoms with Crippen LogP contribution in [-0.2, 0) is 20.7 Å². The monoisotopic (exact) mass is 416 g/mol. The second-order valence-electron chi connectivity index (χ2n) is 8.64. The number of carbonyl (C=O) groups excluding carboxylic acids is 1. The molecule has 1 aromatic carbocycles. The molecule has 1 spiro atoms. The van der Waals surface area contributed by atoms with Crippen LogP contribution in [0.5, 0.6) is 0 Å². The van der Waals surface area contributed by atoms with Gasteiger partial charge in [0, 0.05) is 40.0 Å². The first-order valence-electron chi connectivity index (χ1n) is 11.0. The van der Waals surface area contributed by atoms with Crippen LogP contribution in [0, 0.1) is 5.92 Å². The fraction of sp³-hybridized carbons (Fsp3) is 0.652. The first-order chi connectivity index (χ1) is 14.5. The summed E-state index contributed by atoms with van der Waals surface area (Å²) in [7, 11) is 3.48. The molecular weight excluding hydrogens is 380 g/mol. The Hall–Kier alpha value is -2.12. The highest BCUT2D eigenvalue weighted by molar-refractivity contribution is 5.84. The Morgan fingerprint density at radius 2 is 1.93 bits per heavy atom. The van der Waals surface area contributed by atoms with Gasteiger partial charge in [0.1, 0.15) is 12.6 Å². The van der Waals surface area contributed by atoms with Crippen molar-refractivity contribution in [3.05, 3.63) is 35.9 Å². The van der Waals surface area contributed by atoms with Crippen LogP contribution in [-0.4, -0.2) is 69.0 Å². The second kappa shape index (κ2) is 10.8. The summed E-state index contributed by atoms with van der Waals surface area (Å²) in [5.41, 5.74) is 1.26. The largest absolute Gasteiger partial charge is 0.356 e. The van der Waals surface area contributed by atoms with Gasteiger partial charge >= 0.3 is 0 Å². The van der Waals surface area contributed by atoms with Crippen LogP contribution in [0.25, 0.3) is 0 Å². The summed E-state index contributed by atoms with van der Waals surface area (Å²) in [4.78, 5) is 18.0. The summed E-state index contributed by atoms with van der Waals surface area (Å²) in [6, 6.07) is 10.3. The highest BCUT2D eigenvalue weighted by atomic mass is 16.7. The van der Waals surface area contributed by atoms with Gasteiger partial charge in [-0.25, -0.2) is 4.99 Å². The average Bonchev–Trinajstić information content (AvgIpc) is 3.15. The van der Waals surface area contributed by atoms with Crippen molar-refractivity contribution in [1.29, 1.82) is 0 Å². The van der Waals surface area contributed by atoms with Crippen LogP contribution in [0.2, 0.25) is 0 Å². The first-order valence-corrected chi connectivity index (χ1v) is 11.0. The van der Waals surface area contributed by atoms with Crippen molar-refractivity contribution in [2.75, 3.05) is 40.3 Å². The molecule has 2 aliphatic rings. The van der Waals surface area contributed by atoms with Gasteiger partial charge in [-0.05, 0) is 30.7 Å². The number of aliphatic imine (C=N–C) groups is 1. The van der Waals surface area contributed by atoms with Crippen LogP contribution in [0.4, 0.5) is 0 Å². The minimum Gasteiger partial charge on any atom is -0.356 e. The lowest BCUT2D eigenvalue weighted by Gasteiger charge is -2.34. The molecule has 2 fully saturated rings. The van der Waals surface area contributed by atoms with Crippen LogP contribution < -0.4 is 10.6 Å². The van der Waals surface area contributed by atoms with Gasteiger partial charge in [0.05, 0.1) is 6.61 Å². The van der Waals surface area contributed by atoms with E-state index in [9.17, 15) is 4.79 Å². The summed E-state index contributed by atoms with van der Waals surface area (Å²) in [5.74, 6) is 0.956. The van der Waals surface area contributed by atoms with E-state index in [0.29, 0.717) is 19.1 Å². The Morgan fingerprint density at radius 3 is 2.63 bits per heavy atom. The molecule has 1 aromatic rings. The van der Waals surface area contributed by atoms with Gasteiger partial charge < -0.3 is 25.0 Å². The Bertz CT molecular complexity index is 700. The van der Waals surface area contributed by atoms with E-state index in [1.807, 2.05) is 18.2 Å². The van der Waals surface area contributed by atoms with E-state index in [0.717, 1.165) is 44.6 Å². The van der Waals surface area contributed by atoms with Crippen molar-refractivity contribution in [2.45, 2.75) is 50.9 Å². The maximum atomic E-state index is 12.0. The predicted octanol–water partition coefficient (Wildman–Crippen LogP) is 2.17. The predicted molar refractivity (Wildman–Crippen MR) is 118 cm³/mol. The summed E-state index contributed by atoms with van der Waals surface area (Å²) in [6.07, 6.45) is 5.12. The molecule has 1 atom stereocenters. The van der Waals surface area contributed by atoms with Crippen LogP contribution in [0.15, 0.2) is 35.3 Å². The zero-order valence-electron chi connectivity index (χ0n) is 18.5. The molecule has 166 valence electrons. The Labute approximate surface area is 180 Å². The average molecular weight is 417 g/mol. The number of guanidine groups is 1. The number of hydrogen-bond donors (Lipinski definition) is 2. The molecule has 7 nitrogen and oxygen atoms in total. The third-order valence-electron chi connectivity index (χ3n) is 5.87. The number of benzene rings is 1. The van der Waals surface area contributed by atoms with Crippen molar-refractivity contribution < 1.29 is 14.3 Å². The number of hydrogen-bond acceptors (Lipinski definition) is 4. The number of likely N-dealkylation sites (N-methyl/N-ethyl adjacent to an activating group) is 1. The van der Waals surface area contributed by atoms with Gasteiger partial charge in [-0.2, -0.15) is 0 Å². The quantitative estimate of drug-likeness (QED) is 0.526. The van der Waals surface area contributed by atoms with E-state index in [1.165, 1.54) is 5.56 Å². The molecule has 1 amide bonds. The zero-order chi connectivity index (χ0) is 21.4.